The van der Waals surface area contributed by atoms with Gasteiger partial charge in [0.1, 0.15) is 5.75 Å². The van der Waals surface area contributed by atoms with Crippen LogP contribution in [0.4, 0.5) is 0 Å². The molecule has 0 fully saturated rings. The largest absolute Gasteiger partial charge is 0.465 e. The summed E-state index contributed by atoms with van der Waals surface area (Å²) in [6, 6.07) is 0. The Morgan fingerprint density at radius 3 is 2.43 bits per heavy atom. The summed E-state index contributed by atoms with van der Waals surface area (Å²) in [5, 5.41) is -1.13. The van der Waals surface area contributed by atoms with Crippen molar-refractivity contribution in [3.63, 3.8) is 0 Å². The lowest BCUT2D eigenvalue weighted by atomic mass is 10.3. The number of ether oxygens (including phenoxy) is 1. The maximum atomic E-state index is 11.4. The average Bonchev–Trinajstić information content (AvgIpc) is 2.04. The van der Waals surface area contributed by atoms with Crippen molar-refractivity contribution in [2.45, 2.75) is 25.5 Å². The van der Waals surface area contributed by atoms with Crippen LogP contribution < -0.4 is 0 Å². The summed E-state index contributed by atoms with van der Waals surface area (Å²) in [7, 11) is -3.55. The van der Waals surface area contributed by atoms with Crippen molar-refractivity contribution in [2.24, 2.45) is 0 Å². The third-order valence-electron chi connectivity index (χ3n) is 1.64. The smallest absolute Gasteiger partial charge is 0.324 e. The molecule has 80 valence electrons. The second kappa shape index (κ2) is 5.66. The normalized spacial score (nSPS) is 12.9. The van der Waals surface area contributed by atoms with E-state index in [-0.39, 0.29) is 13.0 Å². The highest BCUT2D eigenvalue weighted by Gasteiger charge is 2.31. The lowest BCUT2D eigenvalue weighted by molar-refractivity contribution is -0.142. The number of esters is 1. The highest BCUT2D eigenvalue weighted by Crippen LogP contribution is 2.08. The number of carbonyl (C=O) groups excluding carboxylic acids is 1. The fraction of sp³-hybridized carbons (Fsp3) is 0.667. The van der Waals surface area contributed by atoms with E-state index in [2.05, 4.69) is 4.74 Å². The van der Waals surface area contributed by atoms with Gasteiger partial charge < -0.3 is 4.74 Å². The van der Waals surface area contributed by atoms with Crippen LogP contribution in [0.3, 0.4) is 0 Å². The van der Waals surface area contributed by atoms with Crippen molar-refractivity contribution in [1.82, 2.24) is 0 Å². The summed E-state index contributed by atoms with van der Waals surface area (Å²) in [5.41, 5.74) is 0. The molecule has 1 atom stereocenters. The molecule has 0 heterocycles. The molecule has 0 amide bonds. The van der Waals surface area contributed by atoms with E-state index < -0.39 is 26.8 Å². The van der Waals surface area contributed by atoms with E-state index in [0.717, 1.165) is 0 Å². The van der Waals surface area contributed by atoms with Crippen molar-refractivity contribution >= 4 is 15.8 Å². The molecule has 0 aliphatic heterocycles. The predicted molar refractivity (Wildman–Crippen MR) is 53.3 cm³/mol. The van der Waals surface area contributed by atoms with Gasteiger partial charge in [-0.3, -0.25) is 4.79 Å². The maximum absolute atomic E-state index is 11.4. The van der Waals surface area contributed by atoms with Crippen molar-refractivity contribution < 1.29 is 17.9 Å². The molecule has 0 aliphatic rings. The Morgan fingerprint density at radius 2 is 2.07 bits per heavy atom. The molecule has 1 unspecified atom stereocenters. The molecular formula is C9H14O4S. The predicted octanol–water partition coefficient (Wildman–Crippen LogP) is 0.376. The zero-order valence-electron chi connectivity index (χ0n) is 8.32. The minimum absolute atomic E-state index is 0.168. The van der Waals surface area contributed by atoms with Crippen molar-refractivity contribution in [3.05, 3.63) is 0 Å². The zero-order chi connectivity index (χ0) is 11.2. The van der Waals surface area contributed by atoms with Crippen molar-refractivity contribution in [3.8, 4) is 12.3 Å². The fourth-order valence-electron chi connectivity index (χ4n) is 1.02. The molecule has 0 rings (SSSR count). The summed E-state index contributed by atoms with van der Waals surface area (Å²) in [5.74, 6) is 0.880. The van der Waals surface area contributed by atoms with Gasteiger partial charge in [0.25, 0.3) is 0 Å². The zero-order valence-corrected chi connectivity index (χ0v) is 9.13. The number of hydrogen-bond donors (Lipinski definition) is 0. The van der Waals surface area contributed by atoms with E-state index in [1.54, 1.807) is 13.8 Å². The van der Waals surface area contributed by atoms with Crippen LogP contribution in [-0.4, -0.2) is 32.0 Å². The molecule has 0 N–H and O–H groups in total. The van der Waals surface area contributed by atoms with Crippen LogP contribution in [0.1, 0.15) is 20.3 Å². The van der Waals surface area contributed by atoms with Gasteiger partial charge in [0.2, 0.25) is 0 Å². The summed E-state index contributed by atoms with van der Waals surface area (Å²) < 4.78 is 27.5. The molecule has 0 spiro atoms. The first-order valence-electron chi connectivity index (χ1n) is 4.31. The first kappa shape index (κ1) is 13.0. The molecule has 0 aliphatic carbocycles. The van der Waals surface area contributed by atoms with Crippen LogP contribution in [0.25, 0.3) is 0 Å². The first-order valence-corrected chi connectivity index (χ1v) is 6.02. The quantitative estimate of drug-likeness (QED) is 0.494. The molecule has 0 saturated heterocycles. The minimum atomic E-state index is -3.55. The second-order valence-corrected chi connectivity index (χ2v) is 4.84. The van der Waals surface area contributed by atoms with Crippen LogP contribution in [0, 0.1) is 12.3 Å². The van der Waals surface area contributed by atoms with Gasteiger partial charge in [0.15, 0.2) is 15.1 Å². The van der Waals surface area contributed by atoms with Gasteiger partial charge in [-0.25, -0.2) is 8.42 Å². The third kappa shape index (κ3) is 3.38. The Labute approximate surface area is 84.6 Å². The standard InChI is InChI=1S/C9H14O4S/c1-4-7-14(11,12)8(5-2)9(10)13-6-3/h1,8H,5-7H2,2-3H3. The SMILES string of the molecule is C#CCS(=O)(=O)C(CC)C(=O)OCC. The summed E-state index contributed by atoms with van der Waals surface area (Å²) in [4.78, 5) is 11.2. The fourth-order valence-corrected chi connectivity index (χ4v) is 2.32. The number of carbonyl (C=O) groups is 1. The molecule has 4 nitrogen and oxygen atoms in total. The number of hydrogen-bond acceptors (Lipinski definition) is 4. The Bertz CT molecular complexity index is 323. The van der Waals surface area contributed by atoms with E-state index >= 15 is 0 Å². The molecule has 0 aromatic heterocycles. The Kier molecular flexibility index (Phi) is 5.24. The highest BCUT2D eigenvalue weighted by atomic mass is 32.2. The highest BCUT2D eigenvalue weighted by molar-refractivity contribution is 7.92. The van der Waals surface area contributed by atoms with Crippen LogP contribution in [0.15, 0.2) is 0 Å². The Hall–Kier alpha value is -1.02. The summed E-state index contributed by atoms with van der Waals surface area (Å²) in [6.45, 7) is 3.40. The second-order valence-electron chi connectivity index (χ2n) is 2.66. The van der Waals surface area contributed by atoms with Crippen LogP contribution >= 0.6 is 0 Å². The topological polar surface area (TPSA) is 60.4 Å². The van der Waals surface area contributed by atoms with Gasteiger partial charge in [-0.05, 0) is 13.3 Å². The van der Waals surface area contributed by atoms with Crippen LogP contribution in [0.5, 0.6) is 0 Å². The molecule has 0 aromatic rings. The van der Waals surface area contributed by atoms with Gasteiger partial charge in [-0.1, -0.05) is 12.8 Å². The molecular weight excluding hydrogens is 204 g/mol. The third-order valence-corrected chi connectivity index (χ3v) is 3.60. The molecule has 0 radical (unpaired) electrons. The van der Waals surface area contributed by atoms with E-state index in [1.165, 1.54) is 0 Å². The van der Waals surface area contributed by atoms with E-state index in [1.807, 2.05) is 5.92 Å². The number of terminal acetylenes is 1. The molecule has 14 heavy (non-hydrogen) atoms. The van der Waals surface area contributed by atoms with Gasteiger partial charge in [-0.15, -0.1) is 6.42 Å². The monoisotopic (exact) mass is 218 g/mol. The summed E-state index contributed by atoms with van der Waals surface area (Å²) >= 11 is 0. The van der Waals surface area contributed by atoms with Gasteiger partial charge in [-0.2, -0.15) is 0 Å². The molecule has 0 aromatic carbocycles. The van der Waals surface area contributed by atoms with Crippen LogP contribution in [-0.2, 0) is 19.4 Å². The summed E-state index contributed by atoms with van der Waals surface area (Å²) in [6.07, 6.45) is 5.08. The van der Waals surface area contributed by atoms with Crippen molar-refractivity contribution in [1.29, 1.82) is 0 Å². The maximum Gasteiger partial charge on any atom is 0.324 e. The van der Waals surface area contributed by atoms with Gasteiger partial charge in [0.05, 0.1) is 6.61 Å². The van der Waals surface area contributed by atoms with Crippen LogP contribution in [0.2, 0.25) is 0 Å². The van der Waals surface area contributed by atoms with E-state index in [4.69, 9.17) is 6.42 Å². The Morgan fingerprint density at radius 1 is 1.50 bits per heavy atom. The lowest BCUT2D eigenvalue weighted by Crippen LogP contribution is -2.33. The lowest BCUT2D eigenvalue weighted by Gasteiger charge is -2.12. The van der Waals surface area contributed by atoms with Crippen molar-refractivity contribution in [2.75, 3.05) is 12.4 Å². The van der Waals surface area contributed by atoms with E-state index in [9.17, 15) is 13.2 Å². The first-order chi connectivity index (χ1) is 6.49. The minimum Gasteiger partial charge on any atom is -0.465 e. The van der Waals surface area contributed by atoms with Gasteiger partial charge >= 0.3 is 5.97 Å². The number of sulfone groups is 1. The molecule has 0 saturated carbocycles. The Balaban J connectivity index is 4.74. The van der Waals surface area contributed by atoms with E-state index in [0.29, 0.717) is 0 Å². The number of rotatable bonds is 5. The molecule has 0 bridgehead atoms. The van der Waals surface area contributed by atoms with Gasteiger partial charge in [0, 0.05) is 0 Å². The molecule has 5 heteroatoms. The average molecular weight is 218 g/mol.